The van der Waals surface area contributed by atoms with E-state index in [0.717, 1.165) is 17.7 Å². The highest BCUT2D eigenvalue weighted by atomic mass is 15.2. The fourth-order valence-electron chi connectivity index (χ4n) is 1.95. The molecule has 106 valence electrons. The zero-order chi connectivity index (χ0) is 14.9. The van der Waals surface area contributed by atoms with E-state index in [2.05, 4.69) is 27.5 Å². The van der Waals surface area contributed by atoms with Crippen LogP contribution in [0.5, 0.6) is 0 Å². The van der Waals surface area contributed by atoms with Gasteiger partial charge in [0.1, 0.15) is 0 Å². The van der Waals surface area contributed by atoms with E-state index in [0.29, 0.717) is 5.96 Å². The topological polar surface area (TPSA) is 73.1 Å². The van der Waals surface area contributed by atoms with E-state index in [1.54, 1.807) is 12.4 Å². The molecule has 1 atom stereocenters. The summed E-state index contributed by atoms with van der Waals surface area (Å²) in [5, 5.41) is 14.5. The van der Waals surface area contributed by atoms with Gasteiger partial charge in [0.2, 0.25) is 5.96 Å². The molecule has 1 aromatic carbocycles. The highest BCUT2D eigenvalue weighted by Crippen LogP contribution is 2.20. The molecule has 0 saturated carbocycles. The molecule has 0 unspecified atom stereocenters. The molecule has 0 bridgehead atoms. The second-order valence-electron chi connectivity index (χ2n) is 4.42. The zero-order valence-corrected chi connectivity index (χ0v) is 11.8. The third kappa shape index (κ3) is 4.32. The van der Waals surface area contributed by atoms with Crippen LogP contribution in [0.25, 0.3) is 0 Å². The first kappa shape index (κ1) is 14.5. The maximum atomic E-state index is 8.87. The summed E-state index contributed by atoms with van der Waals surface area (Å²) in [6.45, 7) is 2.06. The van der Waals surface area contributed by atoms with E-state index in [-0.39, 0.29) is 6.04 Å². The Hall–Kier alpha value is -2.87. The van der Waals surface area contributed by atoms with Gasteiger partial charge in [-0.2, -0.15) is 5.26 Å². The van der Waals surface area contributed by atoms with Crippen LogP contribution in [0, 0.1) is 11.5 Å². The first-order chi connectivity index (χ1) is 10.3. The van der Waals surface area contributed by atoms with Crippen LogP contribution in [0.4, 0.5) is 5.69 Å². The predicted octanol–water partition coefficient (Wildman–Crippen LogP) is 3.07. The first-order valence-electron chi connectivity index (χ1n) is 6.78. The lowest BCUT2D eigenvalue weighted by Crippen LogP contribution is -2.27. The highest BCUT2D eigenvalue weighted by molar-refractivity contribution is 5.94. The molecule has 2 rings (SSSR count). The van der Waals surface area contributed by atoms with Gasteiger partial charge in [-0.05, 0) is 24.1 Å². The van der Waals surface area contributed by atoms with Crippen LogP contribution in [-0.2, 0) is 0 Å². The SMILES string of the molecule is CC[C@H](N=C(NC#N)Nc1cccnc1)c1ccccc1. The molecule has 0 radical (unpaired) electrons. The van der Waals surface area contributed by atoms with Gasteiger partial charge in [-0.25, -0.2) is 4.99 Å². The van der Waals surface area contributed by atoms with Crippen LogP contribution >= 0.6 is 0 Å². The number of nitrogens with one attached hydrogen (secondary N) is 2. The summed E-state index contributed by atoms with van der Waals surface area (Å²) < 4.78 is 0. The molecule has 2 aromatic rings. The van der Waals surface area contributed by atoms with Gasteiger partial charge < -0.3 is 5.32 Å². The number of hydrogen-bond donors (Lipinski definition) is 2. The quantitative estimate of drug-likeness (QED) is 0.390. The molecular weight excluding hydrogens is 262 g/mol. The van der Waals surface area contributed by atoms with Crippen molar-refractivity contribution < 1.29 is 0 Å². The molecular formula is C16H17N5. The summed E-state index contributed by atoms with van der Waals surface area (Å²) >= 11 is 0. The fourth-order valence-corrected chi connectivity index (χ4v) is 1.95. The summed E-state index contributed by atoms with van der Waals surface area (Å²) in [5.74, 6) is 0.418. The molecule has 0 aliphatic rings. The lowest BCUT2D eigenvalue weighted by molar-refractivity contribution is 0.698. The van der Waals surface area contributed by atoms with E-state index >= 15 is 0 Å². The van der Waals surface area contributed by atoms with Crippen LogP contribution in [0.2, 0.25) is 0 Å². The fraction of sp³-hybridized carbons (Fsp3) is 0.188. The average molecular weight is 279 g/mol. The number of nitriles is 1. The molecule has 2 N–H and O–H groups in total. The standard InChI is InChI=1S/C16H17N5/c1-2-15(13-7-4-3-5-8-13)21-16(19-12-17)20-14-9-6-10-18-11-14/h3-11,15H,2H2,1H3,(H2,19,20,21)/t15-/m0/s1. The number of hydrogen-bond acceptors (Lipinski definition) is 3. The van der Waals surface area contributed by atoms with Crippen molar-refractivity contribution >= 4 is 11.6 Å². The number of aromatic nitrogens is 1. The van der Waals surface area contributed by atoms with Crippen LogP contribution in [-0.4, -0.2) is 10.9 Å². The largest absolute Gasteiger partial charge is 0.324 e. The smallest absolute Gasteiger partial charge is 0.209 e. The normalized spacial score (nSPS) is 12.3. The third-order valence-electron chi connectivity index (χ3n) is 2.95. The Bertz CT molecular complexity index is 616. The van der Waals surface area contributed by atoms with Gasteiger partial charge in [-0.1, -0.05) is 37.3 Å². The summed E-state index contributed by atoms with van der Waals surface area (Å²) in [4.78, 5) is 8.62. The van der Waals surface area contributed by atoms with Gasteiger partial charge in [0.25, 0.3) is 0 Å². The van der Waals surface area contributed by atoms with E-state index in [1.807, 2.05) is 48.7 Å². The molecule has 0 saturated heterocycles. The third-order valence-corrected chi connectivity index (χ3v) is 2.95. The minimum atomic E-state index is -0.00813. The van der Waals surface area contributed by atoms with Crippen molar-refractivity contribution in [3.8, 4) is 6.19 Å². The van der Waals surface area contributed by atoms with E-state index < -0.39 is 0 Å². The number of aliphatic imine (C=N–C) groups is 1. The van der Waals surface area contributed by atoms with Crippen molar-refractivity contribution in [1.82, 2.24) is 10.3 Å². The van der Waals surface area contributed by atoms with Crippen molar-refractivity contribution in [2.45, 2.75) is 19.4 Å². The zero-order valence-electron chi connectivity index (χ0n) is 11.8. The molecule has 1 heterocycles. The number of guanidine groups is 1. The van der Waals surface area contributed by atoms with E-state index in [9.17, 15) is 0 Å². The lowest BCUT2D eigenvalue weighted by Gasteiger charge is -2.14. The Balaban J connectivity index is 2.21. The summed E-state index contributed by atoms with van der Waals surface area (Å²) in [7, 11) is 0. The molecule has 21 heavy (non-hydrogen) atoms. The van der Waals surface area contributed by atoms with Gasteiger partial charge in [0, 0.05) is 6.20 Å². The van der Waals surface area contributed by atoms with Crippen molar-refractivity contribution in [3.05, 3.63) is 60.4 Å². The monoisotopic (exact) mass is 279 g/mol. The number of anilines is 1. The summed E-state index contributed by atoms with van der Waals surface area (Å²) in [5.41, 5.74) is 1.90. The van der Waals surface area contributed by atoms with Crippen LogP contribution in [0.3, 0.4) is 0 Å². The minimum absolute atomic E-state index is 0.00813. The Morgan fingerprint density at radius 2 is 2.10 bits per heavy atom. The number of rotatable bonds is 4. The van der Waals surface area contributed by atoms with Gasteiger partial charge in [-0.3, -0.25) is 10.3 Å². The van der Waals surface area contributed by atoms with E-state index in [1.165, 1.54) is 0 Å². The first-order valence-corrected chi connectivity index (χ1v) is 6.78. The Kier molecular flexibility index (Phi) is 5.30. The van der Waals surface area contributed by atoms with Crippen molar-refractivity contribution in [3.63, 3.8) is 0 Å². The summed E-state index contributed by atoms with van der Waals surface area (Å²) in [6.07, 6.45) is 6.12. The van der Waals surface area contributed by atoms with Crippen LogP contribution in [0.15, 0.2) is 59.9 Å². The molecule has 0 fully saturated rings. The number of pyridine rings is 1. The van der Waals surface area contributed by atoms with E-state index in [4.69, 9.17) is 5.26 Å². The molecule has 5 heteroatoms. The van der Waals surface area contributed by atoms with Gasteiger partial charge >= 0.3 is 0 Å². The van der Waals surface area contributed by atoms with Crippen LogP contribution < -0.4 is 10.6 Å². The minimum Gasteiger partial charge on any atom is -0.324 e. The second kappa shape index (κ2) is 7.65. The highest BCUT2D eigenvalue weighted by Gasteiger charge is 2.09. The Morgan fingerprint density at radius 1 is 1.29 bits per heavy atom. The maximum absolute atomic E-state index is 8.87. The van der Waals surface area contributed by atoms with Gasteiger partial charge in [0.15, 0.2) is 6.19 Å². The average Bonchev–Trinajstić information content (AvgIpc) is 2.54. The van der Waals surface area contributed by atoms with Gasteiger partial charge in [-0.15, -0.1) is 0 Å². The Labute approximate surface area is 124 Å². The predicted molar refractivity (Wildman–Crippen MR) is 83.5 cm³/mol. The second-order valence-corrected chi connectivity index (χ2v) is 4.42. The molecule has 1 aromatic heterocycles. The molecule has 5 nitrogen and oxygen atoms in total. The maximum Gasteiger partial charge on any atom is 0.209 e. The van der Waals surface area contributed by atoms with Crippen molar-refractivity contribution in [1.29, 1.82) is 5.26 Å². The van der Waals surface area contributed by atoms with Gasteiger partial charge in [0.05, 0.1) is 17.9 Å². The molecule has 0 aliphatic carbocycles. The number of nitrogens with zero attached hydrogens (tertiary/aromatic N) is 3. The summed E-state index contributed by atoms with van der Waals surface area (Å²) in [6, 6.07) is 13.7. The molecule has 0 amide bonds. The molecule has 0 spiro atoms. The van der Waals surface area contributed by atoms with Crippen molar-refractivity contribution in [2.75, 3.05) is 5.32 Å². The molecule has 0 aliphatic heterocycles. The van der Waals surface area contributed by atoms with Crippen molar-refractivity contribution in [2.24, 2.45) is 4.99 Å². The number of benzene rings is 1. The van der Waals surface area contributed by atoms with Crippen LogP contribution in [0.1, 0.15) is 24.9 Å². The Morgan fingerprint density at radius 3 is 2.71 bits per heavy atom. The lowest BCUT2D eigenvalue weighted by atomic mass is 10.1.